The van der Waals surface area contributed by atoms with E-state index in [0.29, 0.717) is 45.3 Å². The highest BCUT2D eigenvalue weighted by Gasteiger charge is 2.33. The maximum atomic E-state index is 13.9. The number of rotatable bonds is 9. The predicted octanol–water partition coefficient (Wildman–Crippen LogP) is 5.85. The Balaban J connectivity index is 1.54. The number of allylic oxidation sites excluding steroid dienone is 1. The first kappa shape index (κ1) is 29.5. The van der Waals surface area contributed by atoms with Gasteiger partial charge in [0.1, 0.15) is 6.61 Å². The highest BCUT2D eigenvalue weighted by molar-refractivity contribution is 9.10. The van der Waals surface area contributed by atoms with E-state index < -0.39 is 12.0 Å². The lowest BCUT2D eigenvalue weighted by molar-refractivity contribution is -0.139. The molecule has 3 aromatic carbocycles. The van der Waals surface area contributed by atoms with Gasteiger partial charge in [0, 0.05) is 4.47 Å². The normalized spacial score (nSPS) is 14.8. The van der Waals surface area contributed by atoms with E-state index in [2.05, 4.69) is 20.9 Å². The summed E-state index contributed by atoms with van der Waals surface area (Å²) in [5.74, 6) is 0.736. The van der Waals surface area contributed by atoms with Crippen molar-refractivity contribution in [3.8, 4) is 11.5 Å². The van der Waals surface area contributed by atoms with Gasteiger partial charge in [-0.05, 0) is 74.7 Å². The largest absolute Gasteiger partial charge is 0.490 e. The fourth-order valence-corrected chi connectivity index (χ4v) is 6.06. The molecule has 7 nitrogen and oxygen atoms in total. The maximum absolute atomic E-state index is 13.9. The summed E-state index contributed by atoms with van der Waals surface area (Å²) in [6.07, 6.45) is 1.82. The number of carbonyl (C=O) groups excluding carboxylic acids is 1. The second kappa shape index (κ2) is 12.9. The summed E-state index contributed by atoms with van der Waals surface area (Å²) < 4.78 is 20.4. The Morgan fingerprint density at radius 3 is 2.40 bits per heavy atom. The van der Waals surface area contributed by atoms with Crippen molar-refractivity contribution in [1.82, 2.24) is 4.57 Å². The van der Waals surface area contributed by atoms with Crippen molar-refractivity contribution in [2.75, 3.05) is 13.2 Å². The van der Waals surface area contributed by atoms with Crippen LogP contribution in [0.25, 0.3) is 6.08 Å². The number of aromatic nitrogens is 1. The quantitative estimate of drug-likeness (QED) is 0.213. The topological polar surface area (TPSA) is 79.1 Å². The van der Waals surface area contributed by atoms with Gasteiger partial charge in [0.2, 0.25) is 0 Å². The fraction of sp³-hybridized carbons (Fsp3) is 0.242. The van der Waals surface area contributed by atoms with Gasteiger partial charge < -0.3 is 14.2 Å². The molecule has 0 fully saturated rings. The second-order valence-corrected chi connectivity index (χ2v) is 11.7. The van der Waals surface area contributed by atoms with Crippen molar-refractivity contribution >= 4 is 39.3 Å². The molecule has 0 amide bonds. The standard InChI is InChI=1S/C33H31BrN2O5S/c1-5-39-27-17-23(11-16-26(27)41-19-22-9-14-25(34)15-10-22)18-28-31(37)36-30(24-12-7-20(3)8-13-24)29(32(38)40-6-2)21(4)35-33(36)42-28/h7-18,30H,5-6,19H2,1-4H3/b28-18+/t30-/m0/s1. The minimum atomic E-state index is -0.642. The Kier molecular flexibility index (Phi) is 9.09. The lowest BCUT2D eigenvalue weighted by atomic mass is 9.95. The van der Waals surface area contributed by atoms with Crippen LogP contribution in [0.3, 0.4) is 0 Å². The van der Waals surface area contributed by atoms with Gasteiger partial charge in [-0.3, -0.25) is 9.36 Å². The molecule has 0 N–H and O–H groups in total. The van der Waals surface area contributed by atoms with E-state index in [-0.39, 0.29) is 12.2 Å². The van der Waals surface area contributed by atoms with Crippen LogP contribution in [0.2, 0.25) is 0 Å². The van der Waals surface area contributed by atoms with Crippen molar-refractivity contribution in [1.29, 1.82) is 0 Å². The number of benzene rings is 3. The van der Waals surface area contributed by atoms with E-state index in [1.54, 1.807) is 18.4 Å². The molecular weight excluding hydrogens is 616 g/mol. The van der Waals surface area contributed by atoms with E-state index in [1.807, 2.05) is 86.7 Å². The number of ether oxygens (including phenoxy) is 3. The van der Waals surface area contributed by atoms with E-state index in [0.717, 1.165) is 26.7 Å². The van der Waals surface area contributed by atoms with Crippen LogP contribution < -0.4 is 24.4 Å². The van der Waals surface area contributed by atoms with Gasteiger partial charge in [-0.2, -0.15) is 0 Å². The summed E-state index contributed by atoms with van der Waals surface area (Å²) in [5, 5.41) is 0. The zero-order chi connectivity index (χ0) is 29.8. The number of fused-ring (bicyclic) bond motifs is 1. The smallest absolute Gasteiger partial charge is 0.338 e. The third-order valence-electron chi connectivity index (χ3n) is 6.78. The van der Waals surface area contributed by atoms with Crippen molar-refractivity contribution in [2.45, 2.75) is 40.3 Å². The van der Waals surface area contributed by atoms with Crippen molar-refractivity contribution in [3.63, 3.8) is 0 Å². The first-order valence-electron chi connectivity index (χ1n) is 13.7. The Labute approximate surface area is 256 Å². The van der Waals surface area contributed by atoms with E-state index in [9.17, 15) is 9.59 Å². The molecule has 0 bridgehead atoms. The molecule has 42 heavy (non-hydrogen) atoms. The number of hydrogen-bond acceptors (Lipinski definition) is 7. The van der Waals surface area contributed by atoms with E-state index in [1.165, 1.54) is 11.3 Å². The Bertz CT molecular complexity index is 1820. The summed E-state index contributed by atoms with van der Waals surface area (Å²) >= 11 is 4.74. The third kappa shape index (κ3) is 6.27. The zero-order valence-corrected chi connectivity index (χ0v) is 26.3. The lowest BCUT2D eigenvalue weighted by Gasteiger charge is -2.24. The summed E-state index contributed by atoms with van der Waals surface area (Å²) in [6, 6.07) is 20.7. The van der Waals surface area contributed by atoms with Gasteiger partial charge in [-0.25, -0.2) is 9.79 Å². The SMILES string of the molecule is CCOC(=O)C1=C(C)N=c2s/c(=C/c3ccc(OCc4ccc(Br)cc4)c(OCC)c3)c(=O)n2[C@H]1c1ccc(C)cc1. The molecule has 2 heterocycles. The number of hydrogen-bond donors (Lipinski definition) is 0. The van der Waals surface area contributed by atoms with Crippen molar-refractivity contribution < 1.29 is 19.0 Å². The van der Waals surface area contributed by atoms with Crippen molar-refractivity contribution in [2.24, 2.45) is 4.99 Å². The predicted molar refractivity (Wildman–Crippen MR) is 168 cm³/mol. The Hall–Kier alpha value is -3.95. The molecule has 1 aliphatic rings. The summed E-state index contributed by atoms with van der Waals surface area (Å²) in [4.78, 5) is 32.2. The van der Waals surface area contributed by atoms with Crippen LogP contribution in [0.4, 0.5) is 0 Å². The van der Waals surface area contributed by atoms with Gasteiger partial charge in [0.15, 0.2) is 16.3 Å². The number of aryl methyl sites for hydroxylation is 1. The molecule has 0 saturated carbocycles. The van der Waals surface area contributed by atoms with Gasteiger partial charge >= 0.3 is 5.97 Å². The summed E-state index contributed by atoms with van der Waals surface area (Å²) in [5.41, 5.74) is 4.39. The first-order chi connectivity index (χ1) is 20.3. The van der Waals surface area contributed by atoms with Gasteiger partial charge in [0.05, 0.1) is 35.1 Å². The van der Waals surface area contributed by atoms with Crippen LogP contribution >= 0.6 is 27.3 Å². The molecule has 1 aromatic heterocycles. The van der Waals surface area contributed by atoms with Crippen LogP contribution in [0.15, 0.2) is 92.3 Å². The number of nitrogens with zero attached hydrogens (tertiary/aromatic N) is 2. The molecular formula is C33H31BrN2O5S. The molecule has 1 aliphatic heterocycles. The van der Waals surface area contributed by atoms with Gasteiger partial charge in [-0.15, -0.1) is 0 Å². The monoisotopic (exact) mass is 646 g/mol. The molecule has 0 saturated heterocycles. The van der Waals surface area contributed by atoms with Crippen LogP contribution in [-0.2, 0) is 16.1 Å². The van der Waals surface area contributed by atoms with Gasteiger partial charge in [-0.1, -0.05) is 75.3 Å². The van der Waals surface area contributed by atoms with E-state index >= 15 is 0 Å². The molecule has 9 heteroatoms. The molecule has 0 unspecified atom stereocenters. The fourth-order valence-electron chi connectivity index (χ4n) is 4.75. The highest BCUT2D eigenvalue weighted by Crippen LogP contribution is 2.32. The average Bonchev–Trinajstić information content (AvgIpc) is 3.27. The number of thiazole rings is 1. The average molecular weight is 648 g/mol. The maximum Gasteiger partial charge on any atom is 0.338 e. The van der Waals surface area contributed by atoms with Crippen LogP contribution in [0.5, 0.6) is 11.5 Å². The van der Waals surface area contributed by atoms with Crippen LogP contribution in [0, 0.1) is 6.92 Å². The van der Waals surface area contributed by atoms with E-state index in [4.69, 9.17) is 14.2 Å². The Morgan fingerprint density at radius 1 is 0.976 bits per heavy atom. The van der Waals surface area contributed by atoms with Crippen LogP contribution in [-0.4, -0.2) is 23.8 Å². The highest BCUT2D eigenvalue weighted by atomic mass is 79.9. The summed E-state index contributed by atoms with van der Waals surface area (Å²) in [7, 11) is 0. The third-order valence-corrected chi connectivity index (χ3v) is 8.29. The molecule has 1 atom stereocenters. The van der Waals surface area contributed by atoms with Gasteiger partial charge in [0.25, 0.3) is 5.56 Å². The molecule has 216 valence electrons. The minimum absolute atomic E-state index is 0.228. The summed E-state index contributed by atoms with van der Waals surface area (Å²) in [6.45, 7) is 8.54. The minimum Gasteiger partial charge on any atom is -0.490 e. The molecule has 5 rings (SSSR count). The molecule has 4 aromatic rings. The molecule has 0 spiro atoms. The molecule has 0 aliphatic carbocycles. The first-order valence-corrected chi connectivity index (χ1v) is 15.3. The zero-order valence-electron chi connectivity index (χ0n) is 23.8. The number of carbonyl (C=O) groups is 1. The molecule has 0 radical (unpaired) electrons. The number of halogens is 1. The second-order valence-electron chi connectivity index (χ2n) is 9.77. The van der Waals surface area contributed by atoms with Crippen molar-refractivity contribution in [3.05, 3.63) is 124 Å². The Morgan fingerprint density at radius 2 is 1.71 bits per heavy atom. The lowest BCUT2D eigenvalue weighted by Crippen LogP contribution is -2.39. The number of esters is 1. The van der Waals surface area contributed by atoms with Crippen LogP contribution in [0.1, 0.15) is 49.1 Å².